The zero-order chi connectivity index (χ0) is 18.9. The fourth-order valence-corrected chi connectivity index (χ4v) is 6.62. The van der Waals surface area contributed by atoms with E-state index in [0.717, 1.165) is 35.4 Å². The van der Waals surface area contributed by atoms with Gasteiger partial charge >= 0.3 is 5.97 Å². The summed E-state index contributed by atoms with van der Waals surface area (Å²) in [6.07, 6.45) is 4.33. The van der Waals surface area contributed by atoms with E-state index in [1.807, 2.05) is 13.8 Å². The Morgan fingerprint density at radius 2 is 1.88 bits per heavy atom. The Kier molecular flexibility index (Phi) is 5.72. The third kappa shape index (κ3) is 4.28. The summed E-state index contributed by atoms with van der Waals surface area (Å²) in [5, 5.41) is 0. The minimum absolute atomic E-state index is 0.0199. The number of carbonyl (C=O) groups excluding carboxylic acids is 2. The van der Waals surface area contributed by atoms with Gasteiger partial charge in [0.15, 0.2) is 16.4 Å². The van der Waals surface area contributed by atoms with Gasteiger partial charge < -0.3 is 9.64 Å². The van der Waals surface area contributed by atoms with Crippen LogP contribution >= 0.6 is 11.3 Å². The Bertz CT molecular complexity index is 793. The molecule has 1 aromatic heterocycles. The molecule has 0 unspecified atom stereocenters. The second-order valence-corrected chi connectivity index (χ2v) is 10.9. The number of carbonyl (C=O) groups is 2. The van der Waals surface area contributed by atoms with Gasteiger partial charge in [-0.25, -0.2) is 13.2 Å². The molecule has 26 heavy (non-hydrogen) atoms. The first-order chi connectivity index (χ1) is 12.3. The monoisotopic (exact) mass is 399 g/mol. The number of hydrogen-bond donors (Lipinski definition) is 0. The van der Waals surface area contributed by atoms with E-state index in [-0.39, 0.29) is 36.1 Å². The van der Waals surface area contributed by atoms with Crippen molar-refractivity contribution in [1.29, 1.82) is 0 Å². The maximum Gasteiger partial charge on any atom is 0.339 e. The molecule has 1 aliphatic carbocycles. The van der Waals surface area contributed by atoms with E-state index in [4.69, 9.17) is 4.74 Å². The summed E-state index contributed by atoms with van der Waals surface area (Å²) in [7, 11) is -3.08. The first-order valence-corrected chi connectivity index (χ1v) is 11.7. The Morgan fingerprint density at radius 1 is 1.19 bits per heavy atom. The lowest BCUT2D eigenvalue weighted by molar-refractivity contribution is -0.139. The molecule has 6 nitrogen and oxygen atoms in total. The lowest BCUT2D eigenvalue weighted by Crippen LogP contribution is -2.48. The molecule has 0 radical (unpaired) electrons. The van der Waals surface area contributed by atoms with Crippen molar-refractivity contribution in [1.82, 2.24) is 4.90 Å². The number of rotatable bonds is 5. The van der Waals surface area contributed by atoms with Crippen molar-refractivity contribution in [2.45, 2.75) is 58.0 Å². The van der Waals surface area contributed by atoms with Crippen LogP contribution in [-0.4, -0.2) is 55.4 Å². The highest BCUT2D eigenvalue weighted by molar-refractivity contribution is 7.91. The zero-order valence-corrected chi connectivity index (χ0v) is 16.8. The predicted molar refractivity (Wildman–Crippen MR) is 100 cm³/mol. The Balaban J connectivity index is 1.67. The molecule has 1 amide bonds. The second-order valence-electron chi connectivity index (χ2n) is 7.20. The molecular formula is C18H25NO5S2. The van der Waals surface area contributed by atoms with E-state index < -0.39 is 15.8 Å². The SMILES string of the molecule is Cc1cc(C(=O)OCC(=O)N(C2CCCC2)[C@H]2CCS(=O)(=O)C2)c(C)s1. The van der Waals surface area contributed by atoms with Crippen LogP contribution in [0.15, 0.2) is 6.07 Å². The van der Waals surface area contributed by atoms with E-state index in [1.54, 1.807) is 11.0 Å². The van der Waals surface area contributed by atoms with Crippen LogP contribution in [0.4, 0.5) is 0 Å². The number of ether oxygens (including phenoxy) is 1. The van der Waals surface area contributed by atoms with E-state index in [0.29, 0.717) is 12.0 Å². The third-order valence-corrected chi connectivity index (χ3v) is 7.91. The Morgan fingerprint density at radius 3 is 2.42 bits per heavy atom. The molecule has 0 aromatic carbocycles. The maximum absolute atomic E-state index is 12.8. The van der Waals surface area contributed by atoms with Crippen LogP contribution in [0.2, 0.25) is 0 Å². The second kappa shape index (κ2) is 7.68. The van der Waals surface area contributed by atoms with Gasteiger partial charge in [0.2, 0.25) is 0 Å². The minimum Gasteiger partial charge on any atom is -0.452 e. The molecule has 1 saturated carbocycles. The van der Waals surface area contributed by atoms with Crippen LogP contribution in [0.1, 0.15) is 52.2 Å². The van der Waals surface area contributed by atoms with E-state index in [1.165, 1.54) is 11.3 Å². The van der Waals surface area contributed by atoms with Gasteiger partial charge in [0.05, 0.1) is 17.1 Å². The molecular weight excluding hydrogens is 374 g/mol. The summed E-state index contributed by atoms with van der Waals surface area (Å²) >= 11 is 1.52. The van der Waals surface area contributed by atoms with Crippen LogP contribution in [-0.2, 0) is 19.4 Å². The molecule has 3 rings (SSSR count). The summed E-state index contributed by atoms with van der Waals surface area (Å²) < 4.78 is 29.0. The van der Waals surface area contributed by atoms with Crippen molar-refractivity contribution in [2.75, 3.05) is 18.1 Å². The first-order valence-electron chi connectivity index (χ1n) is 9.02. The van der Waals surface area contributed by atoms with Crippen molar-refractivity contribution in [3.8, 4) is 0 Å². The molecule has 1 atom stereocenters. The van der Waals surface area contributed by atoms with Crippen molar-refractivity contribution < 1.29 is 22.7 Å². The topological polar surface area (TPSA) is 80.8 Å². The van der Waals surface area contributed by atoms with Crippen LogP contribution in [0, 0.1) is 13.8 Å². The third-order valence-electron chi connectivity index (χ3n) is 5.20. The number of hydrogen-bond acceptors (Lipinski definition) is 6. The van der Waals surface area contributed by atoms with Gasteiger partial charge in [0.1, 0.15) is 0 Å². The standard InChI is InChI=1S/C18H25NO5S2/c1-12-9-16(13(2)25-12)18(21)24-10-17(20)19(14-5-3-4-6-14)15-7-8-26(22,23)11-15/h9,14-15H,3-8,10-11H2,1-2H3/t15-/m0/s1. The number of amides is 1. The summed E-state index contributed by atoms with van der Waals surface area (Å²) in [6.45, 7) is 3.44. The van der Waals surface area contributed by atoms with Crippen LogP contribution in [0.5, 0.6) is 0 Å². The quantitative estimate of drug-likeness (QED) is 0.711. The molecule has 1 saturated heterocycles. The molecule has 8 heteroatoms. The summed E-state index contributed by atoms with van der Waals surface area (Å²) in [5.41, 5.74) is 0.496. The van der Waals surface area contributed by atoms with Crippen molar-refractivity contribution in [3.63, 3.8) is 0 Å². The molecule has 144 valence electrons. The highest BCUT2D eigenvalue weighted by atomic mass is 32.2. The summed E-state index contributed by atoms with van der Waals surface area (Å²) in [4.78, 5) is 28.7. The lowest BCUT2D eigenvalue weighted by atomic mass is 10.1. The van der Waals surface area contributed by atoms with Crippen molar-refractivity contribution in [2.24, 2.45) is 0 Å². The first kappa shape index (κ1) is 19.4. The average Bonchev–Trinajstić information content (AvgIpc) is 3.27. The molecule has 2 heterocycles. The van der Waals surface area contributed by atoms with Crippen molar-refractivity contribution in [3.05, 3.63) is 21.4 Å². The van der Waals surface area contributed by atoms with Crippen LogP contribution in [0.3, 0.4) is 0 Å². The van der Waals surface area contributed by atoms with Gasteiger partial charge in [-0.05, 0) is 39.2 Å². The van der Waals surface area contributed by atoms with Crippen LogP contribution < -0.4 is 0 Å². The number of aryl methyl sites for hydroxylation is 2. The maximum atomic E-state index is 12.8. The van der Waals surface area contributed by atoms with Gasteiger partial charge in [-0.3, -0.25) is 4.79 Å². The minimum atomic E-state index is -3.08. The van der Waals surface area contributed by atoms with Gasteiger partial charge in [-0.15, -0.1) is 11.3 Å². The van der Waals surface area contributed by atoms with Crippen LogP contribution in [0.25, 0.3) is 0 Å². The van der Waals surface area contributed by atoms with Gasteiger partial charge in [-0.2, -0.15) is 0 Å². The average molecular weight is 400 g/mol. The predicted octanol–water partition coefficient (Wildman–Crippen LogP) is 2.48. The largest absolute Gasteiger partial charge is 0.452 e. The van der Waals surface area contributed by atoms with Crippen molar-refractivity contribution >= 4 is 33.1 Å². The Hall–Kier alpha value is -1.41. The zero-order valence-electron chi connectivity index (χ0n) is 15.2. The number of sulfone groups is 1. The molecule has 1 aliphatic heterocycles. The lowest BCUT2D eigenvalue weighted by Gasteiger charge is -2.33. The fraction of sp³-hybridized carbons (Fsp3) is 0.667. The summed E-state index contributed by atoms with van der Waals surface area (Å²) in [5.74, 6) is -0.629. The molecule has 2 fully saturated rings. The highest BCUT2D eigenvalue weighted by Crippen LogP contribution is 2.29. The van der Waals surface area contributed by atoms with E-state index in [2.05, 4.69) is 0 Å². The molecule has 2 aliphatic rings. The summed E-state index contributed by atoms with van der Waals surface area (Å²) in [6, 6.07) is 1.54. The van der Waals surface area contributed by atoms with E-state index in [9.17, 15) is 18.0 Å². The van der Waals surface area contributed by atoms with Gasteiger partial charge in [0.25, 0.3) is 5.91 Å². The van der Waals surface area contributed by atoms with Gasteiger partial charge in [-0.1, -0.05) is 12.8 Å². The number of esters is 1. The molecule has 0 bridgehead atoms. The molecule has 0 N–H and O–H groups in total. The fourth-order valence-electron chi connectivity index (χ4n) is 4.00. The van der Waals surface area contributed by atoms with Gasteiger partial charge in [0, 0.05) is 21.8 Å². The highest BCUT2D eigenvalue weighted by Gasteiger charge is 2.39. The smallest absolute Gasteiger partial charge is 0.339 e. The number of thiophene rings is 1. The van der Waals surface area contributed by atoms with E-state index >= 15 is 0 Å². The number of nitrogens with zero attached hydrogens (tertiary/aromatic N) is 1. The molecule has 1 aromatic rings. The Labute approximate surface area is 158 Å². The molecule has 0 spiro atoms. The normalized spacial score (nSPS) is 22.5.